The van der Waals surface area contributed by atoms with E-state index >= 15 is 0 Å². The SMILES string of the molecule is COc1cc(OC)cc(-c2nnc(SCC(O)COc3ccc(-c4ccccc4)cc3)o2)c1. The molecule has 1 heterocycles. The lowest BCUT2D eigenvalue weighted by Gasteiger charge is -2.11. The van der Waals surface area contributed by atoms with Gasteiger partial charge in [0.05, 0.1) is 20.3 Å². The largest absolute Gasteiger partial charge is 0.497 e. The van der Waals surface area contributed by atoms with E-state index in [2.05, 4.69) is 22.3 Å². The van der Waals surface area contributed by atoms with Gasteiger partial charge in [-0.2, -0.15) is 0 Å². The Bertz CT molecular complexity index is 1140. The zero-order chi connectivity index (χ0) is 23.0. The lowest BCUT2D eigenvalue weighted by Crippen LogP contribution is -2.20. The Morgan fingerprint density at radius 1 is 0.818 bits per heavy atom. The van der Waals surface area contributed by atoms with Crippen LogP contribution in [0, 0.1) is 0 Å². The molecule has 0 saturated heterocycles. The first-order valence-corrected chi connectivity index (χ1v) is 11.3. The van der Waals surface area contributed by atoms with Crippen molar-refractivity contribution in [1.29, 1.82) is 0 Å². The molecular formula is C25H24N2O5S. The Morgan fingerprint density at radius 3 is 2.15 bits per heavy atom. The minimum Gasteiger partial charge on any atom is -0.497 e. The van der Waals surface area contributed by atoms with Gasteiger partial charge >= 0.3 is 0 Å². The number of ether oxygens (including phenoxy) is 3. The van der Waals surface area contributed by atoms with Crippen molar-refractivity contribution in [3.05, 3.63) is 72.8 Å². The Balaban J connectivity index is 1.28. The summed E-state index contributed by atoms with van der Waals surface area (Å²) in [6, 6.07) is 23.3. The predicted octanol–water partition coefficient (Wildman–Crippen LogP) is 4.95. The minimum atomic E-state index is -0.698. The smallest absolute Gasteiger partial charge is 0.276 e. The molecule has 0 fully saturated rings. The summed E-state index contributed by atoms with van der Waals surface area (Å²) in [6.45, 7) is 0.158. The standard InChI is InChI=1S/C25H24N2O5S/c1-29-22-12-19(13-23(14-22)30-2)24-26-27-25(32-24)33-16-20(28)15-31-21-10-8-18(9-11-21)17-6-4-3-5-7-17/h3-14,20,28H,15-16H2,1-2H3. The second-order valence-corrected chi connectivity index (χ2v) is 8.11. The van der Waals surface area contributed by atoms with E-state index < -0.39 is 6.10 Å². The van der Waals surface area contributed by atoms with Gasteiger partial charge in [-0.25, -0.2) is 0 Å². The Hall–Kier alpha value is -3.49. The lowest BCUT2D eigenvalue weighted by atomic mass is 10.1. The average molecular weight is 465 g/mol. The Morgan fingerprint density at radius 2 is 1.48 bits per heavy atom. The monoisotopic (exact) mass is 464 g/mol. The zero-order valence-corrected chi connectivity index (χ0v) is 19.1. The fourth-order valence-corrected chi connectivity index (χ4v) is 3.77. The summed E-state index contributed by atoms with van der Waals surface area (Å²) < 4.78 is 22.0. The normalized spacial score (nSPS) is 11.7. The molecule has 1 N–H and O–H groups in total. The highest BCUT2D eigenvalue weighted by Crippen LogP contribution is 2.30. The van der Waals surface area contributed by atoms with Crippen molar-refractivity contribution in [3.63, 3.8) is 0 Å². The number of aliphatic hydroxyl groups is 1. The van der Waals surface area contributed by atoms with Gasteiger partial charge in [-0.1, -0.05) is 54.2 Å². The van der Waals surface area contributed by atoms with Crippen molar-refractivity contribution in [2.75, 3.05) is 26.6 Å². The second kappa shape index (κ2) is 10.9. The first-order valence-electron chi connectivity index (χ1n) is 10.3. The number of nitrogens with zero attached hydrogens (tertiary/aromatic N) is 2. The van der Waals surface area contributed by atoms with E-state index in [1.165, 1.54) is 11.8 Å². The van der Waals surface area contributed by atoms with Crippen LogP contribution in [-0.4, -0.2) is 48.0 Å². The number of benzene rings is 3. The van der Waals surface area contributed by atoms with Crippen LogP contribution in [0.1, 0.15) is 0 Å². The molecular weight excluding hydrogens is 440 g/mol. The first-order chi connectivity index (χ1) is 16.1. The van der Waals surface area contributed by atoms with Gasteiger partial charge < -0.3 is 23.7 Å². The summed E-state index contributed by atoms with van der Waals surface area (Å²) in [7, 11) is 3.16. The minimum absolute atomic E-state index is 0.158. The first kappa shape index (κ1) is 22.7. The van der Waals surface area contributed by atoms with Crippen molar-refractivity contribution in [2.24, 2.45) is 0 Å². The molecule has 1 atom stereocenters. The summed E-state index contributed by atoms with van der Waals surface area (Å²) in [5.74, 6) is 2.65. The van der Waals surface area contributed by atoms with Crippen LogP contribution in [0.4, 0.5) is 0 Å². The molecule has 0 radical (unpaired) electrons. The van der Waals surface area contributed by atoms with Crippen molar-refractivity contribution >= 4 is 11.8 Å². The number of aromatic nitrogens is 2. The third-order valence-electron chi connectivity index (χ3n) is 4.81. The van der Waals surface area contributed by atoms with Gasteiger partial charge in [0, 0.05) is 17.4 Å². The number of thioether (sulfide) groups is 1. The van der Waals surface area contributed by atoms with E-state index in [4.69, 9.17) is 18.6 Å². The van der Waals surface area contributed by atoms with E-state index in [1.54, 1.807) is 32.4 Å². The Kier molecular flexibility index (Phi) is 7.49. The Labute approximate surface area is 196 Å². The number of hydrogen-bond acceptors (Lipinski definition) is 8. The van der Waals surface area contributed by atoms with Crippen LogP contribution in [0.15, 0.2) is 82.4 Å². The summed E-state index contributed by atoms with van der Waals surface area (Å²) in [5, 5.41) is 18.8. The molecule has 0 amide bonds. The molecule has 7 nitrogen and oxygen atoms in total. The molecule has 170 valence electrons. The van der Waals surface area contributed by atoms with E-state index in [-0.39, 0.29) is 6.61 Å². The van der Waals surface area contributed by atoms with Gasteiger partial charge in [0.25, 0.3) is 5.22 Å². The van der Waals surface area contributed by atoms with Crippen LogP contribution in [0.5, 0.6) is 17.2 Å². The number of rotatable bonds is 10. The summed E-state index contributed by atoms with van der Waals surface area (Å²) in [5.41, 5.74) is 2.94. The molecule has 4 rings (SSSR count). The number of aliphatic hydroxyl groups excluding tert-OH is 1. The van der Waals surface area contributed by atoms with Gasteiger partial charge in [0.1, 0.15) is 23.9 Å². The molecule has 0 bridgehead atoms. The molecule has 0 spiro atoms. The van der Waals surface area contributed by atoms with Crippen molar-refractivity contribution in [3.8, 4) is 39.8 Å². The summed E-state index contributed by atoms with van der Waals surface area (Å²) in [6.07, 6.45) is -0.698. The van der Waals surface area contributed by atoms with Crippen molar-refractivity contribution < 1.29 is 23.7 Å². The highest BCUT2D eigenvalue weighted by molar-refractivity contribution is 7.99. The van der Waals surface area contributed by atoms with Crippen LogP contribution >= 0.6 is 11.8 Å². The third kappa shape index (κ3) is 6.06. The topological polar surface area (TPSA) is 86.8 Å². The molecule has 0 aliphatic rings. The third-order valence-corrected chi connectivity index (χ3v) is 5.77. The maximum absolute atomic E-state index is 10.3. The molecule has 0 aliphatic carbocycles. The molecule has 0 saturated carbocycles. The van der Waals surface area contributed by atoms with Crippen LogP contribution in [0.25, 0.3) is 22.6 Å². The number of hydrogen-bond donors (Lipinski definition) is 1. The van der Waals surface area contributed by atoms with E-state index in [0.29, 0.717) is 39.7 Å². The molecule has 0 aliphatic heterocycles. The average Bonchev–Trinajstić information content (AvgIpc) is 3.36. The van der Waals surface area contributed by atoms with Crippen molar-refractivity contribution in [1.82, 2.24) is 10.2 Å². The van der Waals surface area contributed by atoms with Crippen molar-refractivity contribution in [2.45, 2.75) is 11.3 Å². The second-order valence-electron chi connectivity index (χ2n) is 7.14. The van der Waals surface area contributed by atoms with Gasteiger partial charge in [0.2, 0.25) is 5.89 Å². The molecule has 8 heteroatoms. The van der Waals surface area contributed by atoms with Crippen LogP contribution in [-0.2, 0) is 0 Å². The molecule has 33 heavy (non-hydrogen) atoms. The van der Waals surface area contributed by atoms with E-state index in [0.717, 1.165) is 11.1 Å². The maximum atomic E-state index is 10.3. The van der Waals surface area contributed by atoms with Gasteiger partial charge in [0.15, 0.2) is 0 Å². The molecule has 1 aromatic heterocycles. The summed E-state index contributed by atoms with van der Waals surface area (Å²) >= 11 is 1.27. The zero-order valence-electron chi connectivity index (χ0n) is 18.3. The van der Waals surface area contributed by atoms with Crippen LogP contribution in [0.3, 0.4) is 0 Å². The van der Waals surface area contributed by atoms with Gasteiger partial charge in [-0.15, -0.1) is 10.2 Å². The molecule has 4 aromatic rings. The summed E-state index contributed by atoms with van der Waals surface area (Å²) in [4.78, 5) is 0. The number of methoxy groups -OCH3 is 2. The van der Waals surface area contributed by atoms with Gasteiger partial charge in [-0.05, 0) is 35.4 Å². The lowest BCUT2D eigenvalue weighted by molar-refractivity contribution is 0.126. The quantitative estimate of drug-likeness (QED) is 0.330. The highest BCUT2D eigenvalue weighted by Gasteiger charge is 2.14. The van der Waals surface area contributed by atoms with Crippen LogP contribution < -0.4 is 14.2 Å². The molecule has 1 unspecified atom stereocenters. The molecule has 3 aromatic carbocycles. The van der Waals surface area contributed by atoms with Crippen LogP contribution in [0.2, 0.25) is 0 Å². The fourth-order valence-electron chi connectivity index (χ4n) is 3.10. The fraction of sp³-hybridized carbons (Fsp3) is 0.200. The maximum Gasteiger partial charge on any atom is 0.276 e. The highest BCUT2D eigenvalue weighted by atomic mass is 32.2. The van der Waals surface area contributed by atoms with E-state index in [1.807, 2.05) is 42.5 Å². The predicted molar refractivity (Wildman–Crippen MR) is 127 cm³/mol. The van der Waals surface area contributed by atoms with E-state index in [9.17, 15) is 5.11 Å². The van der Waals surface area contributed by atoms with Gasteiger partial charge in [-0.3, -0.25) is 0 Å².